The summed E-state index contributed by atoms with van der Waals surface area (Å²) >= 11 is 0.782. The number of imide groups is 1. The van der Waals surface area contributed by atoms with E-state index in [2.05, 4.69) is 10.3 Å². The fourth-order valence-electron chi connectivity index (χ4n) is 2.51. The summed E-state index contributed by atoms with van der Waals surface area (Å²) in [4.78, 5) is 41.9. The van der Waals surface area contributed by atoms with E-state index in [-0.39, 0.29) is 11.4 Å². The molecule has 0 aliphatic carbocycles. The molecule has 2 aromatic rings. The minimum absolute atomic E-state index is 0.228. The summed E-state index contributed by atoms with van der Waals surface area (Å²) in [5.74, 6) is 0.0555. The zero-order valence-electron chi connectivity index (χ0n) is 15.2. The molecule has 1 aliphatic rings. The van der Waals surface area contributed by atoms with Crippen LogP contribution >= 0.6 is 11.8 Å². The van der Waals surface area contributed by atoms with E-state index < -0.39 is 17.1 Å². The lowest BCUT2D eigenvalue weighted by atomic mass is 10.2. The Morgan fingerprint density at radius 2 is 2.00 bits per heavy atom. The highest BCUT2D eigenvalue weighted by Crippen LogP contribution is 2.34. The average molecular weight is 399 g/mol. The standard InChI is InChI=1S/C19H17N3O5S/c1-26-14-6-5-12(8-15(14)27-2)9-16-18(24)22(19(25)28-16)11-17(23)21-13-4-3-7-20-10-13/h3-10H,11H2,1-2H3,(H,21,23)/b16-9+. The molecule has 0 spiro atoms. The van der Waals surface area contributed by atoms with Crippen molar-refractivity contribution >= 4 is 40.6 Å². The van der Waals surface area contributed by atoms with Crippen molar-refractivity contribution in [2.45, 2.75) is 0 Å². The molecule has 8 nitrogen and oxygen atoms in total. The Morgan fingerprint density at radius 3 is 2.68 bits per heavy atom. The van der Waals surface area contributed by atoms with Gasteiger partial charge in [-0.3, -0.25) is 24.3 Å². The number of hydrogen-bond donors (Lipinski definition) is 1. The first kappa shape index (κ1) is 19.4. The van der Waals surface area contributed by atoms with E-state index in [4.69, 9.17) is 9.47 Å². The summed E-state index contributed by atoms with van der Waals surface area (Å²) in [5.41, 5.74) is 1.16. The van der Waals surface area contributed by atoms with Gasteiger partial charge in [0.25, 0.3) is 11.1 Å². The third-order valence-corrected chi connectivity index (χ3v) is 4.73. The van der Waals surface area contributed by atoms with Gasteiger partial charge in [0.1, 0.15) is 6.54 Å². The van der Waals surface area contributed by atoms with Crippen LogP contribution in [-0.4, -0.2) is 47.7 Å². The summed E-state index contributed by atoms with van der Waals surface area (Å²) in [6.45, 7) is -0.372. The van der Waals surface area contributed by atoms with Crippen LogP contribution in [0.1, 0.15) is 5.56 Å². The number of nitrogens with one attached hydrogen (secondary N) is 1. The summed E-state index contributed by atoms with van der Waals surface area (Å²) in [7, 11) is 3.04. The van der Waals surface area contributed by atoms with E-state index in [9.17, 15) is 14.4 Å². The van der Waals surface area contributed by atoms with Gasteiger partial charge in [-0.25, -0.2) is 0 Å². The SMILES string of the molecule is COc1ccc(/C=C2/SC(=O)N(CC(=O)Nc3cccnc3)C2=O)cc1OC. The minimum atomic E-state index is -0.522. The molecule has 1 N–H and O–H groups in total. The molecule has 1 aliphatic heterocycles. The van der Waals surface area contributed by atoms with Crippen molar-refractivity contribution in [1.82, 2.24) is 9.88 Å². The first-order valence-electron chi connectivity index (χ1n) is 8.19. The fourth-order valence-corrected chi connectivity index (χ4v) is 3.35. The molecule has 1 aromatic carbocycles. The lowest BCUT2D eigenvalue weighted by Gasteiger charge is -2.12. The van der Waals surface area contributed by atoms with E-state index in [1.165, 1.54) is 20.4 Å². The molecule has 0 atom stereocenters. The molecule has 1 aromatic heterocycles. The minimum Gasteiger partial charge on any atom is -0.493 e. The molecule has 2 heterocycles. The van der Waals surface area contributed by atoms with Crippen molar-refractivity contribution in [3.05, 3.63) is 53.2 Å². The quantitative estimate of drug-likeness (QED) is 0.746. The Hall–Kier alpha value is -3.33. The maximum Gasteiger partial charge on any atom is 0.294 e. The van der Waals surface area contributed by atoms with Crippen molar-refractivity contribution in [3.8, 4) is 11.5 Å². The number of benzene rings is 1. The molecule has 0 radical (unpaired) electrons. The molecular weight excluding hydrogens is 382 g/mol. The van der Waals surface area contributed by atoms with Gasteiger partial charge in [0.2, 0.25) is 5.91 Å². The second-order valence-corrected chi connectivity index (χ2v) is 6.67. The molecule has 1 saturated heterocycles. The van der Waals surface area contributed by atoms with Crippen molar-refractivity contribution in [2.75, 3.05) is 26.1 Å². The Balaban J connectivity index is 1.72. The maximum atomic E-state index is 12.6. The number of pyridine rings is 1. The maximum absolute atomic E-state index is 12.6. The van der Waals surface area contributed by atoms with Crippen molar-refractivity contribution in [3.63, 3.8) is 0 Å². The average Bonchev–Trinajstić information content (AvgIpc) is 2.96. The Labute approximate surface area is 165 Å². The lowest BCUT2D eigenvalue weighted by Crippen LogP contribution is -2.36. The van der Waals surface area contributed by atoms with Crippen LogP contribution in [0, 0.1) is 0 Å². The van der Waals surface area contributed by atoms with Crippen LogP contribution in [-0.2, 0) is 9.59 Å². The van der Waals surface area contributed by atoms with E-state index in [1.54, 1.807) is 42.6 Å². The van der Waals surface area contributed by atoms with E-state index >= 15 is 0 Å². The number of nitrogens with zero attached hydrogens (tertiary/aromatic N) is 2. The van der Waals surface area contributed by atoms with E-state index in [1.807, 2.05) is 0 Å². The molecule has 3 amide bonds. The molecule has 1 fully saturated rings. The number of anilines is 1. The molecule has 0 saturated carbocycles. The summed E-state index contributed by atoms with van der Waals surface area (Å²) in [6.07, 6.45) is 4.62. The predicted molar refractivity (Wildman–Crippen MR) is 105 cm³/mol. The Bertz CT molecular complexity index is 946. The normalized spacial score (nSPS) is 15.1. The number of aromatic nitrogens is 1. The van der Waals surface area contributed by atoms with Gasteiger partial charge in [-0.05, 0) is 47.7 Å². The fraction of sp³-hybridized carbons (Fsp3) is 0.158. The van der Waals surface area contributed by atoms with Gasteiger partial charge in [-0.2, -0.15) is 0 Å². The van der Waals surface area contributed by atoms with E-state index in [0.717, 1.165) is 16.7 Å². The number of carbonyl (C=O) groups excluding carboxylic acids is 3. The summed E-state index contributed by atoms with van der Waals surface area (Å²) in [5, 5.41) is 2.09. The van der Waals surface area contributed by atoms with Gasteiger partial charge in [0, 0.05) is 6.20 Å². The van der Waals surface area contributed by atoms with Gasteiger partial charge >= 0.3 is 0 Å². The van der Waals surface area contributed by atoms with Crippen LogP contribution < -0.4 is 14.8 Å². The third kappa shape index (κ3) is 4.32. The number of thioether (sulfide) groups is 1. The Kier molecular flexibility index (Phi) is 5.95. The zero-order valence-corrected chi connectivity index (χ0v) is 16.0. The molecule has 0 bridgehead atoms. The summed E-state index contributed by atoms with van der Waals surface area (Å²) < 4.78 is 10.4. The molecule has 9 heteroatoms. The zero-order chi connectivity index (χ0) is 20.1. The van der Waals surface area contributed by atoms with Crippen LogP contribution in [0.15, 0.2) is 47.6 Å². The highest BCUT2D eigenvalue weighted by atomic mass is 32.2. The molecule has 144 valence electrons. The number of carbonyl (C=O) groups is 3. The number of hydrogen-bond acceptors (Lipinski definition) is 7. The number of ether oxygens (including phenoxy) is 2. The first-order chi connectivity index (χ1) is 13.5. The van der Waals surface area contributed by atoms with E-state index in [0.29, 0.717) is 22.7 Å². The van der Waals surface area contributed by atoms with Gasteiger partial charge < -0.3 is 14.8 Å². The van der Waals surface area contributed by atoms with Gasteiger partial charge in [-0.15, -0.1) is 0 Å². The number of methoxy groups -OCH3 is 2. The van der Waals surface area contributed by atoms with Gasteiger partial charge in [0.15, 0.2) is 11.5 Å². The summed E-state index contributed by atoms with van der Waals surface area (Å²) in [6, 6.07) is 8.47. The topological polar surface area (TPSA) is 97.8 Å². The Morgan fingerprint density at radius 1 is 1.21 bits per heavy atom. The molecule has 3 rings (SSSR count). The lowest BCUT2D eigenvalue weighted by molar-refractivity contribution is -0.127. The smallest absolute Gasteiger partial charge is 0.294 e. The highest BCUT2D eigenvalue weighted by molar-refractivity contribution is 8.18. The second-order valence-electron chi connectivity index (χ2n) is 5.67. The van der Waals surface area contributed by atoms with Crippen LogP contribution in [0.3, 0.4) is 0 Å². The van der Waals surface area contributed by atoms with Crippen LogP contribution in [0.2, 0.25) is 0 Å². The molecular formula is C19H17N3O5S. The largest absolute Gasteiger partial charge is 0.493 e. The monoisotopic (exact) mass is 399 g/mol. The molecule has 28 heavy (non-hydrogen) atoms. The highest BCUT2D eigenvalue weighted by Gasteiger charge is 2.36. The van der Waals surface area contributed by atoms with Crippen molar-refractivity contribution < 1.29 is 23.9 Å². The van der Waals surface area contributed by atoms with Crippen LogP contribution in [0.25, 0.3) is 6.08 Å². The van der Waals surface area contributed by atoms with Gasteiger partial charge in [-0.1, -0.05) is 6.07 Å². The number of rotatable bonds is 6. The van der Waals surface area contributed by atoms with Crippen molar-refractivity contribution in [1.29, 1.82) is 0 Å². The van der Waals surface area contributed by atoms with Crippen LogP contribution in [0.5, 0.6) is 11.5 Å². The van der Waals surface area contributed by atoms with Gasteiger partial charge in [0.05, 0.1) is 31.0 Å². The third-order valence-electron chi connectivity index (χ3n) is 3.83. The predicted octanol–water partition coefficient (Wildman–Crippen LogP) is 2.77. The molecule has 0 unspecified atom stereocenters. The van der Waals surface area contributed by atoms with Crippen LogP contribution in [0.4, 0.5) is 10.5 Å². The second kappa shape index (κ2) is 8.57. The van der Waals surface area contributed by atoms with Crippen molar-refractivity contribution in [2.24, 2.45) is 0 Å². The first-order valence-corrected chi connectivity index (χ1v) is 9.00. The number of amides is 3.